The number of rotatable bonds is 5. The van der Waals surface area contributed by atoms with Crippen molar-refractivity contribution in [1.82, 2.24) is 4.31 Å². The summed E-state index contributed by atoms with van der Waals surface area (Å²) in [6, 6.07) is 6.86. The Morgan fingerprint density at radius 3 is 2.53 bits per heavy atom. The second kappa shape index (κ2) is 6.22. The fourth-order valence-electron chi connectivity index (χ4n) is 2.25. The Morgan fingerprint density at radius 1 is 1.32 bits per heavy atom. The Kier molecular flexibility index (Phi) is 4.84. The highest BCUT2D eigenvalue weighted by molar-refractivity contribution is 7.89. The standard InChI is InChI=1S/C13H18ClNO3S/c14-7-5-11-1-3-13(4-2-11)19(17,18)15-8-6-12(9-15)10-16/h1-4,12,16H,5-10H2. The molecule has 1 unspecified atom stereocenters. The number of hydrogen-bond acceptors (Lipinski definition) is 3. The van der Waals surface area contributed by atoms with Gasteiger partial charge >= 0.3 is 0 Å². The Hall–Kier alpha value is -0.620. The first kappa shape index (κ1) is 14.8. The van der Waals surface area contributed by atoms with E-state index in [4.69, 9.17) is 16.7 Å². The topological polar surface area (TPSA) is 57.6 Å². The molecule has 1 N–H and O–H groups in total. The maximum Gasteiger partial charge on any atom is 0.243 e. The highest BCUT2D eigenvalue weighted by atomic mass is 35.5. The summed E-state index contributed by atoms with van der Waals surface area (Å²) >= 11 is 5.65. The molecule has 2 rings (SSSR count). The lowest BCUT2D eigenvalue weighted by Gasteiger charge is -2.16. The molecule has 1 aliphatic rings. The zero-order valence-corrected chi connectivity index (χ0v) is 12.2. The fraction of sp³-hybridized carbons (Fsp3) is 0.538. The van der Waals surface area contributed by atoms with Crippen molar-refractivity contribution in [2.24, 2.45) is 5.92 Å². The van der Waals surface area contributed by atoms with E-state index in [-0.39, 0.29) is 12.5 Å². The Bertz CT molecular complexity index is 515. The van der Waals surface area contributed by atoms with Crippen LogP contribution in [0.1, 0.15) is 12.0 Å². The van der Waals surface area contributed by atoms with Crippen molar-refractivity contribution in [3.8, 4) is 0 Å². The van der Waals surface area contributed by atoms with Gasteiger partial charge in [-0.05, 0) is 36.5 Å². The SMILES string of the molecule is O=S(=O)(c1ccc(CCCl)cc1)N1CCC(CO)C1. The molecule has 1 aromatic carbocycles. The third-order valence-corrected chi connectivity index (χ3v) is 5.52. The van der Waals surface area contributed by atoms with E-state index in [1.165, 1.54) is 4.31 Å². The fourth-order valence-corrected chi connectivity index (χ4v) is 4.00. The number of benzene rings is 1. The van der Waals surface area contributed by atoms with Gasteiger partial charge in [-0.15, -0.1) is 11.6 Å². The monoisotopic (exact) mass is 303 g/mol. The van der Waals surface area contributed by atoms with Crippen molar-refractivity contribution >= 4 is 21.6 Å². The van der Waals surface area contributed by atoms with Crippen LogP contribution in [0, 0.1) is 5.92 Å². The number of alkyl halides is 1. The van der Waals surface area contributed by atoms with Crippen LogP contribution in [0.15, 0.2) is 29.2 Å². The summed E-state index contributed by atoms with van der Waals surface area (Å²) in [7, 11) is -3.42. The molecule has 1 aromatic rings. The molecule has 106 valence electrons. The van der Waals surface area contributed by atoms with Gasteiger partial charge in [0.15, 0.2) is 0 Å². The summed E-state index contributed by atoms with van der Waals surface area (Å²) in [5.41, 5.74) is 1.03. The molecule has 1 saturated heterocycles. The first-order chi connectivity index (χ1) is 9.07. The number of nitrogens with zero attached hydrogens (tertiary/aromatic N) is 1. The minimum Gasteiger partial charge on any atom is -0.396 e. The van der Waals surface area contributed by atoms with E-state index in [9.17, 15) is 8.42 Å². The predicted octanol–water partition coefficient (Wildman–Crippen LogP) is 1.47. The van der Waals surface area contributed by atoms with E-state index in [0.717, 1.165) is 18.4 Å². The van der Waals surface area contributed by atoms with Crippen LogP contribution in [0.4, 0.5) is 0 Å². The Balaban J connectivity index is 2.15. The maximum atomic E-state index is 12.4. The van der Waals surface area contributed by atoms with Crippen LogP contribution in [0.5, 0.6) is 0 Å². The summed E-state index contributed by atoms with van der Waals surface area (Å²) in [5.74, 6) is 0.585. The van der Waals surface area contributed by atoms with Crippen molar-refractivity contribution in [3.63, 3.8) is 0 Å². The van der Waals surface area contributed by atoms with Crippen LogP contribution >= 0.6 is 11.6 Å². The average Bonchev–Trinajstić information content (AvgIpc) is 2.89. The van der Waals surface area contributed by atoms with Crippen LogP contribution < -0.4 is 0 Å². The average molecular weight is 304 g/mol. The van der Waals surface area contributed by atoms with Crippen molar-refractivity contribution in [2.45, 2.75) is 17.7 Å². The first-order valence-corrected chi connectivity index (χ1v) is 8.31. The molecule has 1 atom stereocenters. The zero-order chi connectivity index (χ0) is 13.9. The van der Waals surface area contributed by atoms with Crippen LogP contribution in [0.3, 0.4) is 0 Å². The summed E-state index contributed by atoms with van der Waals surface area (Å²) in [6.45, 7) is 0.930. The van der Waals surface area contributed by atoms with Gasteiger partial charge in [0.2, 0.25) is 10.0 Å². The molecule has 1 heterocycles. The van der Waals surface area contributed by atoms with E-state index < -0.39 is 10.0 Å². The largest absolute Gasteiger partial charge is 0.396 e. The van der Waals surface area contributed by atoms with Gasteiger partial charge in [-0.2, -0.15) is 4.31 Å². The lowest BCUT2D eigenvalue weighted by Crippen LogP contribution is -2.29. The molecule has 0 amide bonds. The number of halogens is 1. The summed E-state index contributed by atoms with van der Waals surface area (Å²) < 4.78 is 26.2. The predicted molar refractivity (Wildman–Crippen MR) is 74.8 cm³/mol. The van der Waals surface area contributed by atoms with Gasteiger partial charge in [0.05, 0.1) is 4.90 Å². The molecule has 1 fully saturated rings. The molecular formula is C13H18ClNO3S. The highest BCUT2D eigenvalue weighted by Gasteiger charge is 2.31. The van der Waals surface area contributed by atoms with Gasteiger partial charge in [0, 0.05) is 25.6 Å². The van der Waals surface area contributed by atoms with Crippen LogP contribution in [-0.4, -0.2) is 43.4 Å². The third kappa shape index (κ3) is 3.28. The van der Waals surface area contributed by atoms with Crippen molar-refractivity contribution in [2.75, 3.05) is 25.6 Å². The number of aliphatic hydroxyl groups is 1. The van der Waals surface area contributed by atoms with Gasteiger partial charge in [0.1, 0.15) is 0 Å². The molecule has 0 radical (unpaired) electrons. The van der Waals surface area contributed by atoms with E-state index in [2.05, 4.69) is 0 Å². The normalized spacial score (nSPS) is 20.8. The molecule has 4 nitrogen and oxygen atoms in total. The minimum absolute atomic E-state index is 0.0423. The van der Waals surface area contributed by atoms with Crippen molar-refractivity contribution in [3.05, 3.63) is 29.8 Å². The van der Waals surface area contributed by atoms with Gasteiger partial charge < -0.3 is 5.11 Å². The van der Waals surface area contributed by atoms with Crippen molar-refractivity contribution < 1.29 is 13.5 Å². The molecular weight excluding hydrogens is 286 g/mol. The van der Waals surface area contributed by atoms with Crippen LogP contribution in [0.2, 0.25) is 0 Å². The lowest BCUT2D eigenvalue weighted by atomic mass is 10.1. The molecule has 0 saturated carbocycles. The smallest absolute Gasteiger partial charge is 0.243 e. The van der Waals surface area contributed by atoms with E-state index in [1.54, 1.807) is 24.3 Å². The second-order valence-corrected chi connectivity index (χ2v) is 7.10. The quantitative estimate of drug-likeness (QED) is 0.838. The molecule has 0 spiro atoms. The van der Waals surface area contributed by atoms with Crippen molar-refractivity contribution in [1.29, 1.82) is 0 Å². The van der Waals surface area contributed by atoms with Crippen LogP contribution in [0.25, 0.3) is 0 Å². The zero-order valence-electron chi connectivity index (χ0n) is 10.6. The van der Waals surface area contributed by atoms with Gasteiger partial charge in [-0.1, -0.05) is 12.1 Å². The van der Waals surface area contributed by atoms with Gasteiger partial charge in [-0.3, -0.25) is 0 Å². The number of aryl methyl sites for hydroxylation is 1. The number of sulfonamides is 1. The molecule has 0 aliphatic carbocycles. The lowest BCUT2D eigenvalue weighted by molar-refractivity contribution is 0.233. The van der Waals surface area contributed by atoms with Gasteiger partial charge in [-0.25, -0.2) is 8.42 Å². The van der Waals surface area contributed by atoms with Gasteiger partial charge in [0.25, 0.3) is 0 Å². The second-order valence-electron chi connectivity index (χ2n) is 4.78. The number of aliphatic hydroxyl groups excluding tert-OH is 1. The summed E-state index contributed by atoms with van der Waals surface area (Å²) in [5, 5.41) is 9.08. The molecule has 6 heteroatoms. The third-order valence-electron chi connectivity index (χ3n) is 3.45. The maximum absolute atomic E-state index is 12.4. The van der Waals surface area contributed by atoms with E-state index in [1.807, 2.05) is 0 Å². The number of hydrogen-bond donors (Lipinski definition) is 1. The minimum atomic E-state index is -3.42. The Labute approximate surface area is 119 Å². The Morgan fingerprint density at radius 2 is 2.00 bits per heavy atom. The van der Waals surface area contributed by atoms with E-state index in [0.29, 0.717) is 23.9 Å². The molecule has 19 heavy (non-hydrogen) atoms. The summed E-state index contributed by atoms with van der Waals surface area (Å²) in [6.07, 6.45) is 1.46. The van der Waals surface area contributed by atoms with Crippen LogP contribution in [-0.2, 0) is 16.4 Å². The summed E-state index contributed by atoms with van der Waals surface area (Å²) in [4.78, 5) is 0.310. The van der Waals surface area contributed by atoms with E-state index >= 15 is 0 Å². The molecule has 1 aliphatic heterocycles. The highest BCUT2D eigenvalue weighted by Crippen LogP contribution is 2.24. The first-order valence-electron chi connectivity index (χ1n) is 6.34. The molecule has 0 bridgehead atoms. The molecule has 0 aromatic heterocycles.